The predicted octanol–water partition coefficient (Wildman–Crippen LogP) is 1.32. The van der Waals surface area contributed by atoms with Gasteiger partial charge in [0.1, 0.15) is 12.2 Å². The highest BCUT2D eigenvalue weighted by molar-refractivity contribution is 5.78. The van der Waals surface area contributed by atoms with Gasteiger partial charge < -0.3 is 9.80 Å². The van der Waals surface area contributed by atoms with Gasteiger partial charge in [0.25, 0.3) is 0 Å². The van der Waals surface area contributed by atoms with Gasteiger partial charge in [-0.1, -0.05) is 6.92 Å². The molecule has 3 heterocycles. The van der Waals surface area contributed by atoms with E-state index >= 15 is 0 Å². The fourth-order valence-electron chi connectivity index (χ4n) is 3.22. The summed E-state index contributed by atoms with van der Waals surface area (Å²) in [7, 11) is 2.02. The van der Waals surface area contributed by atoms with Gasteiger partial charge >= 0.3 is 0 Å². The number of likely N-dealkylation sites (N-methyl/N-ethyl adjacent to an activating group) is 1. The number of hydrogen-bond donors (Lipinski definition) is 0. The molecule has 2 aromatic rings. The van der Waals surface area contributed by atoms with Gasteiger partial charge in [0.2, 0.25) is 5.91 Å². The van der Waals surface area contributed by atoms with Gasteiger partial charge in [-0.3, -0.25) is 4.79 Å². The molecule has 23 heavy (non-hydrogen) atoms. The van der Waals surface area contributed by atoms with Crippen LogP contribution in [0.4, 0.5) is 5.82 Å². The second kappa shape index (κ2) is 6.24. The molecular weight excluding hydrogens is 292 g/mol. The summed E-state index contributed by atoms with van der Waals surface area (Å²) in [5, 5.41) is 13.1. The number of anilines is 1. The molecule has 0 spiro atoms. The number of carbonyl (C=O) groups excluding carboxylic acids is 1. The smallest absolute Gasteiger partial charge is 0.236 e. The van der Waals surface area contributed by atoms with Crippen molar-refractivity contribution in [3.8, 4) is 6.07 Å². The molecular formula is C16H20N6O. The molecule has 1 amide bonds. The molecule has 1 aliphatic rings. The molecule has 1 aliphatic heterocycles. The standard InChI is InChI=1S/C16H20N6O/c1-12-6-10-21(16(23)3-7-17)11-13(12)20(2)15-5-8-18-14-4-9-19-22(14)15/h4-5,8-9,12-13H,3,6,10-11H2,1-2H3. The third kappa shape index (κ3) is 2.84. The van der Waals surface area contributed by atoms with Gasteiger partial charge in [0.15, 0.2) is 5.65 Å². The number of piperidine rings is 1. The number of rotatable bonds is 3. The maximum Gasteiger partial charge on any atom is 0.236 e. The molecule has 3 rings (SSSR count). The highest BCUT2D eigenvalue weighted by atomic mass is 16.2. The number of aromatic nitrogens is 3. The molecule has 2 unspecified atom stereocenters. The van der Waals surface area contributed by atoms with E-state index in [0.29, 0.717) is 12.5 Å². The van der Waals surface area contributed by atoms with Gasteiger partial charge in [0, 0.05) is 32.4 Å². The third-order valence-electron chi connectivity index (χ3n) is 4.63. The quantitative estimate of drug-likeness (QED) is 0.854. The highest BCUT2D eigenvalue weighted by Crippen LogP contribution is 2.26. The summed E-state index contributed by atoms with van der Waals surface area (Å²) in [6.45, 7) is 3.55. The lowest BCUT2D eigenvalue weighted by molar-refractivity contribution is -0.131. The topological polar surface area (TPSA) is 77.5 Å². The van der Waals surface area contributed by atoms with Gasteiger partial charge in [-0.05, 0) is 18.4 Å². The summed E-state index contributed by atoms with van der Waals surface area (Å²) >= 11 is 0. The Morgan fingerprint density at radius 1 is 1.48 bits per heavy atom. The molecule has 0 bridgehead atoms. The fraction of sp³-hybridized carbons (Fsp3) is 0.500. The van der Waals surface area contributed by atoms with Crippen molar-refractivity contribution < 1.29 is 4.79 Å². The Morgan fingerprint density at radius 2 is 2.30 bits per heavy atom. The normalized spacial score (nSPS) is 21.2. The van der Waals surface area contributed by atoms with Gasteiger partial charge in [-0.25, -0.2) is 4.98 Å². The Kier molecular flexibility index (Phi) is 4.15. The van der Waals surface area contributed by atoms with Crippen molar-refractivity contribution in [1.82, 2.24) is 19.5 Å². The van der Waals surface area contributed by atoms with Gasteiger partial charge in [-0.15, -0.1) is 0 Å². The van der Waals surface area contributed by atoms with Crippen molar-refractivity contribution in [3.05, 3.63) is 24.5 Å². The first-order chi connectivity index (χ1) is 11.1. The van der Waals surface area contributed by atoms with Crippen molar-refractivity contribution in [3.63, 3.8) is 0 Å². The third-order valence-corrected chi connectivity index (χ3v) is 4.63. The maximum absolute atomic E-state index is 12.0. The predicted molar refractivity (Wildman–Crippen MR) is 85.8 cm³/mol. The Hall–Kier alpha value is -2.62. The van der Waals surface area contributed by atoms with E-state index < -0.39 is 0 Å². The lowest BCUT2D eigenvalue weighted by atomic mass is 9.92. The number of amides is 1. The van der Waals surface area contributed by atoms with Crippen LogP contribution in [0, 0.1) is 17.2 Å². The summed E-state index contributed by atoms with van der Waals surface area (Å²) in [6, 6.07) is 5.93. The van der Waals surface area contributed by atoms with Crippen LogP contribution in [-0.2, 0) is 4.79 Å². The minimum Gasteiger partial charge on any atom is -0.354 e. The van der Waals surface area contributed by atoms with Crippen molar-refractivity contribution in [2.75, 3.05) is 25.0 Å². The minimum absolute atomic E-state index is 0.0521. The zero-order valence-electron chi connectivity index (χ0n) is 13.4. The highest BCUT2D eigenvalue weighted by Gasteiger charge is 2.32. The summed E-state index contributed by atoms with van der Waals surface area (Å²) in [5.41, 5.74) is 0.801. The van der Waals surface area contributed by atoms with Crippen molar-refractivity contribution in [1.29, 1.82) is 5.26 Å². The molecule has 2 atom stereocenters. The number of fused-ring (bicyclic) bond motifs is 1. The number of hydrogen-bond acceptors (Lipinski definition) is 5. The van der Waals surface area contributed by atoms with Crippen LogP contribution < -0.4 is 4.90 Å². The molecule has 0 N–H and O–H groups in total. The lowest BCUT2D eigenvalue weighted by Crippen LogP contribution is -2.53. The van der Waals surface area contributed by atoms with Crippen molar-refractivity contribution in [2.45, 2.75) is 25.8 Å². The second-order valence-electron chi connectivity index (χ2n) is 6.02. The Balaban J connectivity index is 1.85. The number of likely N-dealkylation sites (tertiary alicyclic amines) is 1. The van der Waals surface area contributed by atoms with Crippen LogP contribution in [0.5, 0.6) is 0 Å². The number of nitrogens with zero attached hydrogens (tertiary/aromatic N) is 6. The molecule has 2 aromatic heterocycles. The summed E-state index contributed by atoms with van der Waals surface area (Å²) < 4.78 is 1.81. The summed E-state index contributed by atoms with van der Waals surface area (Å²) in [5.74, 6) is 1.31. The maximum atomic E-state index is 12.0. The first kappa shape index (κ1) is 15.3. The first-order valence-corrected chi connectivity index (χ1v) is 7.78. The van der Waals surface area contributed by atoms with Gasteiger partial charge in [-0.2, -0.15) is 14.9 Å². The SMILES string of the molecule is CC1CCN(C(=O)CC#N)CC1N(C)c1ccnc2ccnn12. The molecule has 7 heteroatoms. The van der Waals surface area contributed by atoms with E-state index in [1.165, 1.54) is 0 Å². The average Bonchev–Trinajstić information content (AvgIpc) is 3.03. The Labute approximate surface area is 135 Å². The van der Waals surface area contributed by atoms with Crippen LogP contribution in [0.3, 0.4) is 0 Å². The molecule has 0 saturated carbocycles. The number of nitriles is 1. The Morgan fingerprint density at radius 3 is 3.09 bits per heavy atom. The average molecular weight is 312 g/mol. The van der Waals surface area contributed by atoms with Crippen molar-refractivity contribution >= 4 is 17.4 Å². The van der Waals surface area contributed by atoms with E-state index in [4.69, 9.17) is 5.26 Å². The molecule has 0 aromatic carbocycles. The molecule has 0 radical (unpaired) electrons. The molecule has 120 valence electrons. The summed E-state index contributed by atoms with van der Waals surface area (Å²) in [6.07, 6.45) is 4.38. The molecule has 7 nitrogen and oxygen atoms in total. The van der Waals surface area contributed by atoms with E-state index in [0.717, 1.165) is 24.4 Å². The molecule has 0 aliphatic carbocycles. The van der Waals surface area contributed by atoms with E-state index in [-0.39, 0.29) is 18.4 Å². The monoisotopic (exact) mass is 312 g/mol. The first-order valence-electron chi connectivity index (χ1n) is 7.78. The van der Waals surface area contributed by atoms with Crippen LogP contribution in [0.25, 0.3) is 5.65 Å². The van der Waals surface area contributed by atoms with E-state index in [9.17, 15) is 4.79 Å². The lowest BCUT2D eigenvalue weighted by Gasteiger charge is -2.42. The number of carbonyl (C=O) groups is 1. The Bertz CT molecular complexity index is 748. The van der Waals surface area contributed by atoms with Crippen LogP contribution in [0.1, 0.15) is 19.8 Å². The zero-order valence-corrected chi connectivity index (χ0v) is 13.4. The zero-order chi connectivity index (χ0) is 16.4. The summed E-state index contributed by atoms with van der Waals surface area (Å²) in [4.78, 5) is 20.3. The van der Waals surface area contributed by atoms with Crippen LogP contribution >= 0.6 is 0 Å². The van der Waals surface area contributed by atoms with Crippen molar-refractivity contribution in [2.24, 2.45) is 5.92 Å². The van der Waals surface area contributed by atoms with Crippen LogP contribution in [0.15, 0.2) is 24.5 Å². The van der Waals surface area contributed by atoms with Crippen LogP contribution in [0.2, 0.25) is 0 Å². The molecule has 1 saturated heterocycles. The van der Waals surface area contributed by atoms with Crippen LogP contribution in [-0.4, -0.2) is 51.6 Å². The largest absolute Gasteiger partial charge is 0.354 e. The van der Waals surface area contributed by atoms with E-state index in [1.807, 2.05) is 29.8 Å². The molecule has 1 fully saturated rings. The van der Waals surface area contributed by atoms with Gasteiger partial charge in [0.05, 0.1) is 18.3 Å². The van der Waals surface area contributed by atoms with E-state index in [1.54, 1.807) is 17.3 Å². The second-order valence-corrected chi connectivity index (χ2v) is 6.02. The fourth-order valence-corrected chi connectivity index (χ4v) is 3.22. The van der Waals surface area contributed by atoms with E-state index in [2.05, 4.69) is 21.9 Å². The minimum atomic E-state index is -0.0863.